The number of hydrogen-bond acceptors (Lipinski definition) is 4. The Morgan fingerprint density at radius 1 is 1.29 bits per heavy atom. The molecule has 2 rings (SSSR count). The van der Waals surface area contributed by atoms with E-state index in [9.17, 15) is 4.79 Å². The highest BCUT2D eigenvalue weighted by molar-refractivity contribution is 5.81. The summed E-state index contributed by atoms with van der Waals surface area (Å²) >= 11 is 0. The van der Waals surface area contributed by atoms with Gasteiger partial charge in [0, 0.05) is 19.2 Å². The van der Waals surface area contributed by atoms with Gasteiger partial charge < -0.3 is 20.1 Å². The molecule has 1 amide bonds. The number of para-hydroxylation sites is 1. The van der Waals surface area contributed by atoms with Crippen molar-refractivity contribution >= 4 is 5.91 Å². The van der Waals surface area contributed by atoms with Crippen molar-refractivity contribution in [2.45, 2.75) is 32.9 Å². The summed E-state index contributed by atoms with van der Waals surface area (Å²) in [6.45, 7) is 5.95. The molecule has 0 bridgehead atoms. The average Bonchev–Trinajstić information content (AvgIpc) is 2.50. The highest BCUT2D eigenvalue weighted by Crippen LogP contribution is 2.33. The van der Waals surface area contributed by atoms with Gasteiger partial charge in [0.05, 0.1) is 6.04 Å². The Bertz CT molecular complexity index is 488. The lowest BCUT2D eigenvalue weighted by Crippen LogP contribution is -2.43. The summed E-state index contributed by atoms with van der Waals surface area (Å²) in [5.74, 6) is 2.03. The molecule has 21 heavy (non-hydrogen) atoms. The fourth-order valence-corrected chi connectivity index (χ4v) is 2.44. The van der Waals surface area contributed by atoms with Crippen LogP contribution in [-0.2, 0) is 11.3 Å². The lowest BCUT2D eigenvalue weighted by atomic mass is 10.0. The third-order valence-electron chi connectivity index (χ3n) is 3.46. The van der Waals surface area contributed by atoms with E-state index in [2.05, 4.69) is 24.5 Å². The zero-order valence-corrected chi connectivity index (χ0v) is 12.9. The van der Waals surface area contributed by atoms with E-state index < -0.39 is 0 Å². The first-order valence-electron chi connectivity index (χ1n) is 7.44. The third-order valence-corrected chi connectivity index (χ3v) is 3.46. The van der Waals surface area contributed by atoms with Crippen LogP contribution in [0.5, 0.6) is 11.5 Å². The summed E-state index contributed by atoms with van der Waals surface area (Å²) in [4.78, 5) is 11.9. The van der Waals surface area contributed by atoms with Crippen LogP contribution in [0.1, 0.15) is 25.8 Å². The normalized spacial score (nSPS) is 14.9. The van der Waals surface area contributed by atoms with Crippen molar-refractivity contribution < 1.29 is 14.3 Å². The van der Waals surface area contributed by atoms with Gasteiger partial charge >= 0.3 is 0 Å². The van der Waals surface area contributed by atoms with E-state index in [1.165, 1.54) is 0 Å². The second-order valence-corrected chi connectivity index (χ2v) is 5.62. The fraction of sp³-hybridized carbons (Fsp3) is 0.562. The molecule has 116 valence electrons. The lowest BCUT2D eigenvalue weighted by Gasteiger charge is -2.23. The molecule has 1 aromatic carbocycles. The largest absolute Gasteiger partial charge is 0.486 e. The Hall–Kier alpha value is -1.75. The van der Waals surface area contributed by atoms with E-state index >= 15 is 0 Å². The van der Waals surface area contributed by atoms with Gasteiger partial charge in [0.2, 0.25) is 5.91 Å². The zero-order chi connectivity index (χ0) is 15.2. The molecule has 2 N–H and O–H groups in total. The second-order valence-electron chi connectivity index (χ2n) is 5.62. The van der Waals surface area contributed by atoms with Gasteiger partial charge in [-0.2, -0.15) is 0 Å². The van der Waals surface area contributed by atoms with Crippen molar-refractivity contribution in [1.82, 2.24) is 10.6 Å². The molecular formula is C16H24N2O3. The molecule has 0 saturated carbocycles. The molecule has 0 saturated heterocycles. The topological polar surface area (TPSA) is 59.6 Å². The van der Waals surface area contributed by atoms with E-state index in [4.69, 9.17) is 9.47 Å². The Labute approximate surface area is 126 Å². The molecule has 0 fully saturated rings. The number of benzene rings is 1. The minimum atomic E-state index is -0.199. The quantitative estimate of drug-likeness (QED) is 0.838. The van der Waals surface area contributed by atoms with Gasteiger partial charge in [0.15, 0.2) is 11.5 Å². The molecule has 1 aliphatic heterocycles. The number of amides is 1. The van der Waals surface area contributed by atoms with E-state index in [0.29, 0.717) is 25.7 Å². The summed E-state index contributed by atoms with van der Waals surface area (Å²) < 4.78 is 11.3. The Morgan fingerprint density at radius 3 is 2.76 bits per heavy atom. The first kappa shape index (κ1) is 15.6. The third kappa shape index (κ3) is 4.11. The second kappa shape index (κ2) is 7.31. The van der Waals surface area contributed by atoms with Gasteiger partial charge in [-0.1, -0.05) is 26.0 Å². The van der Waals surface area contributed by atoms with Crippen LogP contribution in [0.25, 0.3) is 0 Å². The predicted molar refractivity (Wildman–Crippen MR) is 81.6 cm³/mol. The summed E-state index contributed by atoms with van der Waals surface area (Å²) in [7, 11) is 1.67. The van der Waals surface area contributed by atoms with Crippen LogP contribution in [-0.4, -0.2) is 32.2 Å². The van der Waals surface area contributed by atoms with Gasteiger partial charge in [-0.3, -0.25) is 4.79 Å². The highest BCUT2D eigenvalue weighted by Gasteiger charge is 2.20. The summed E-state index contributed by atoms with van der Waals surface area (Å²) in [6.07, 6.45) is 0.798. The molecule has 0 aromatic heterocycles. The van der Waals surface area contributed by atoms with Crippen LogP contribution in [0.3, 0.4) is 0 Å². The van der Waals surface area contributed by atoms with Crippen molar-refractivity contribution in [3.8, 4) is 11.5 Å². The number of rotatable bonds is 6. The molecule has 1 aromatic rings. The number of hydrogen-bond donors (Lipinski definition) is 2. The maximum absolute atomic E-state index is 11.9. The monoisotopic (exact) mass is 292 g/mol. The molecule has 0 spiro atoms. The maximum Gasteiger partial charge on any atom is 0.236 e. The van der Waals surface area contributed by atoms with Crippen LogP contribution in [0.15, 0.2) is 18.2 Å². The van der Waals surface area contributed by atoms with Crippen molar-refractivity contribution in [3.63, 3.8) is 0 Å². The first-order chi connectivity index (χ1) is 10.1. The van der Waals surface area contributed by atoms with Crippen LogP contribution in [0.2, 0.25) is 0 Å². The van der Waals surface area contributed by atoms with Crippen LogP contribution in [0, 0.1) is 5.92 Å². The first-order valence-corrected chi connectivity index (χ1v) is 7.44. The molecule has 1 heterocycles. The minimum absolute atomic E-state index is 0.0191. The van der Waals surface area contributed by atoms with E-state index in [1.54, 1.807) is 7.05 Å². The predicted octanol–water partition coefficient (Wildman–Crippen LogP) is 1.71. The molecule has 5 nitrogen and oxygen atoms in total. The SMILES string of the molecule is CNC(=O)C(CC(C)C)NCc1cccc2c1OCCO2. The minimum Gasteiger partial charge on any atom is -0.486 e. The van der Waals surface area contributed by atoms with E-state index in [0.717, 1.165) is 23.5 Å². The molecular weight excluding hydrogens is 268 g/mol. The Kier molecular flexibility index (Phi) is 5.44. The van der Waals surface area contributed by atoms with Crippen LogP contribution < -0.4 is 20.1 Å². The van der Waals surface area contributed by atoms with Crippen LogP contribution in [0.4, 0.5) is 0 Å². The smallest absolute Gasteiger partial charge is 0.236 e. The van der Waals surface area contributed by atoms with Gasteiger partial charge in [-0.05, 0) is 18.4 Å². The van der Waals surface area contributed by atoms with Gasteiger partial charge in [0.25, 0.3) is 0 Å². The van der Waals surface area contributed by atoms with Crippen molar-refractivity contribution in [2.24, 2.45) is 5.92 Å². The van der Waals surface area contributed by atoms with E-state index in [-0.39, 0.29) is 11.9 Å². The van der Waals surface area contributed by atoms with Crippen molar-refractivity contribution in [2.75, 3.05) is 20.3 Å². The van der Waals surface area contributed by atoms with Gasteiger partial charge in [-0.25, -0.2) is 0 Å². The van der Waals surface area contributed by atoms with Gasteiger partial charge in [0.1, 0.15) is 13.2 Å². The van der Waals surface area contributed by atoms with Crippen LogP contribution >= 0.6 is 0 Å². The fourth-order valence-electron chi connectivity index (χ4n) is 2.44. The summed E-state index contributed by atoms with van der Waals surface area (Å²) in [6, 6.07) is 5.65. The maximum atomic E-state index is 11.9. The van der Waals surface area contributed by atoms with Gasteiger partial charge in [-0.15, -0.1) is 0 Å². The number of likely N-dealkylation sites (N-methyl/N-ethyl adjacent to an activating group) is 1. The molecule has 1 unspecified atom stereocenters. The molecule has 0 aliphatic carbocycles. The Morgan fingerprint density at radius 2 is 2.05 bits per heavy atom. The summed E-state index contributed by atoms with van der Waals surface area (Å²) in [5.41, 5.74) is 1.02. The highest BCUT2D eigenvalue weighted by atomic mass is 16.6. The number of fused-ring (bicyclic) bond motifs is 1. The molecule has 1 aliphatic rings. The van der Waals surface area contributed by atoms with E-state index in [1.807, 2.05) is 18.2 Å². The standard InChI is InChI=1S/C16H24N2O3/c1-11(2)9-13(16(19)17-3)18-10-12-5-4-6-14-15(12)21-8-7-20-14/h4-6,11,13,18H,7-10H2,1-3H3,(H,17,19). The van der Waals surface area contributed by atoms with Crippen molar-refractivity contribution in [3.05, 3.63) is 23.8 Å². The summed E-state index contributed by atoms with van der Waals surface area (Å²) in [5, 5.41) is 6.03. The Balaban J connectivity index is 2.05. The molecule has 5 heteroatoms. The molecule has 1 atom stereocenters. The molecule has 0 radical (unpaired) electrons. The lowest BCUT2D eigenvalue weighted by molar-refractivity contribution is -0.123. The number of carbonyl (C=O) groups is 1. The van der Waals surface area contributed by atoms with Crippen molar-refractivity contribution in [1.29, 1.82) is 0 Å². The number of ether oxygens (including phenoxy) is 2. The zero-order valence-electron chi connectivity index (χ0n) is 12.9. The number of nitrogens with one attached hydrogen (secondary N) is 2. The number of carbonyl (C=O) groups excluding carboxylic acids is 1. The average molecular weight is 292 g/mol.